The van der Waals surface area contributed by atoms with Crippen LogP contribution in [0.2, 0.25) is 10.0 Å². The molecule has 2 aromatic rings. The first-order chi connectivity index (χ1) is 9.11. The molecule has 0 saturated carbocycles. The molecule has 1 atom stereocenters. The van der Waals surface area contributed by atoms with Crippen molar-refractivity contribution in [2.45, 2.75) is 18.9 Å². The first-order valence-electron chi connectivity index (χ1n) is 5.99. The van der Waals surface area contributed by atoms with Crippen LogP contribution in [0.4, 0.5) is 0 Å². The molecule has 0 aliphatic heterocycles. The molecule has 3 N–H and O–H groups in total. The van der Waals surface area contributed by atoms with E-state index < -0.39 is 0 Å². The summed E-state index contributed by atoms with van der Waals surface area (Å²) >= 11 is 12.1. The Morgan fingerprint density at radius 2 is 2.16 bits per heavy atom. The highest BCUT2D eigenvalue weighted by molar-refractivity contribution is 6.35. The van der Waals surface area contributed by atoms with Crippen LogP contribution in [-0.2, 0) is 13.5 Å². The summed E-state index contributed by atoms with van der Waals surface area (Å²) < 4.78 is 1.86. The van der Waals surface area contributed by atoms with Gasteiger partial charge in [-0.05, 0) is 36.6 Å². The second-order valence-corrected chi connectivity index (χ2v) is 5.21. The van der Waals surface area contributed by atoms with Gasteiger partial charge in [-0.3, -0.25) is 16.0 Å². The van der Waals surface area contributed by atoms with Gasteiger partial charge in [0, 0.05) is 35.0 Å². The molecular formula is C13H16Cl2N4. The molecule has 0 fully saturated rings. The van der Waals surface area contributed by atoms with E-state index in [4.69, 9.17) is 29.0 Å². The van der Waals surface area contributed by atoms with Crippen LogP contribution in [-0.4, -0.2) is 9.78 Å². The second-order valence-electron chi connectivity index (χ2n) is 4.37. The topological polar surface area (TPSA) is 55.9 Å². The molecule has 0 saturated heterocycles. The van der Waals surface area contributed by atoms with Crippen LogP contribution in [0.1, 0.15) is 23.7 Å². The van der Waals surface area contributed by atoms with Gasteiger partial charge in [0.15, 0.2) is 0 Å². The maximum Gasteiger partial charge on any atom is 0.0492 e. The lowest BCUT2D eigenvalue weighted by atomic mass is 10.0. The highest BCUT2D eigenvalue weighted by Gasteiger charge is 2.14. The predicted molar refractivity (Wildman–Crippen MR) is 78.1 cm³/mol. The van der Waals surface area contributed by atoms with Gasteiger partial charge in [-0.1, -0.05) is 29.3 Å². The summed E-state index contributed by atoms with van der Waals surface area (Å²) in [6, 6.07) is 7.43. The van der Waals surface area contributed by atoms with E-state index in [0.717, 1.165) is 24.1 Å². The van der Waals surface area contributed by atoms with E-state index in [0.29, 0.717) is 10.0 Å². The Balaban J connectivity index is 2.10. The third-order valence-corrected chi connectivity index (χ3v) is 3.71. The van der Waals surface area contributed by atoms with E-state index in [1.807, 2.05) is 29.9 Å². The zero-order chi connectivity index (χ0) is 13.8. The molecule has 4 nitrogen and oxygen atoms in total. The van der Waals surface area contributed by atoms with Crippen molar-refractivity contribution >= 4 is 23.2 Å². The first kappa shape index (κ1) is 14.3. The van der Waals surface area contributed by atoms with Gasteiger partial charge in [0.1, 0.15) is 0 Å². The molecule has 0 aliphatic carbocycles. The molecule has 0 amide bonds. The zero-order valence-electron chi connectivity index (χ0n) is 10.6. The second kappa shape index (κ2) is 6.39. The minimum Gasteiger partial charge on any atom is -0.273 e. The van der Waals surface area contributed by atoms with Gasteiger partial charge in [-0.25, -0.2) is 0 Å². The van der Waals surface area contributed by atoms with E-state index in [9.17, 15) is 0 Å². The molecule has 0 spiro atoms. The Kier molecular flexibility index (Phi) is 4.82. The number of benzene rings is 1. The van der Waals surface area contributed by atoms with E-state index >= 15 is 0 Å². The third kappa shape index (κ3) is 3.48. The van der Waals surface area contributed by atoms with Crippen molar-refractivity contribution < 1.29 is 0 Å². The standard InChI is InChI=1S/C13H16Cl2N4/c1-19-10(6-7-17-19)3-5-13(18-16)11-4-2-9(14)8-12(11)15/h2,4,6-8,13,18H,3,5,16H2,1H3. The van der Waals surface area contributed by atoms with Gasteiger partial charge >= 0.3 is 0 Å². The van der Waals surface area contributed by atoms with E-state index in [2.05, 4.69) is 10.5 Å². The third-order valence-electron chi connectivity index (χ3n) is 3.15. The van der Waals surface area contributed by atoms with Crippen molar-refractivity contribution in [3.8, 4) is 0 Å². The minimum absolute atomic E-state index is 0.0142. The number of hydrogen-bond acceptors (Lipinski definition) is 3. The van der Waals surface area contributed by atoms with Crippen LogP contribution in [0.25, 0.3) is 0 Å². The summed E-state index contributed by atoms with van der Waals surface area (Å²) in [6.45, 7) is 0. The number of rotatable bonds is 5. The Morgan fingerprint density at radius 3 is 2.74 bits per heavy atom. The van der Waals surface area contributed by atoms with Gasteiger partial charge in [0.25, 0.3) is 0 Å². The summed E-state index contributed by atoms with van der Waals surface area (Å²) in [7, 11) is 1.93. The summed E-state index contributed by atoms with van der Waals surface area (Å²) in [5, 5.41) is 5.39. The largest absolute Gasteiger partial charge is 0.273 e. The lowest BCUT2D eigenvalue weighted by Crippen LogP contribution is -2.28. The van der Waals surface area contributed by atoms with Crippen molar-refractivity contribution in [1.82, 2.24) is 15.2 Å². The average molecular weight is 299 g/mol. The van der Waals surface area contributed by atoms with Crippen LogP contribution in [0, 0.1) is 0 Å². The van der Waals surface area contributed by atoms with Crippen LogP contribution < -0.4 is 11.3 Å². The van der Waals surface area contributed by atoms with Crippen molar-refractivity contribution in [3.05, 3.63) is 51.8 Å². The van der Waals surface area contributed by atoms with Crippen molar-refractivity contribution in [2.75, 3.05) is 0 Å². The summed E-state index contributed by atoms with van der Waals surface area (Å²) in [5.41, 5.74) is 4.92. The van der Waals surface area contributed by atoms with E-state index in [-0.39, 0.29) is 6.04 Å². The van der Waals surface area contributed by atoms with E-state index in [1.165, 1.54) is 0 Å². The van der Waals surface area contributed by atoms with Crippen LogP contribution in [0.5, 0.6) is 0 Å². The number of hydrazine groups is 1. The fourth-order valence-electron chi connectivity index (χ4n) is 2.05. The number of nitrogens with one attached hydrogen (secondary N) is 1. The Bertz CT molecular complexity index is 553. The van der Waals surface area contributed by atoms with Gasteiger partial charge < -0.3 is 0 Å². The fourth-order valence-corrected chi connectivity index (χ4v) is 2.59. The summed E-state index contributed by atoms with van der Waals surface area (Å²) in [6.07, 6.45) is 3.48. The summed E-state index contributed by atoms with van der Waals surface area (Å²) in [5.74, 6) is 5.63. The average Bonchev–Trinajstić information content (AvgIpc) is 2.78. The summed E-state index contributed by atoms with van der Waals surface area (Å²) in [4.78, 5) is 0. The molecule has 19 heavy (non-hydrogen) atoms. The highest BCUT2D eigenvalue weighted by atomic mass is 35.5. The molecular weight excluding hydrogens is 283 g/mol. The maximum absolute atomic E-state index is 6.20. The number of nitrogens with zero attached hydrogens (tertiary/aromatic N) is 2. The van der Waals surface area contributed by atoms with Gasteiger partial charge in [0.05, 0.1) is 0 Å². The molecule has 1 aromatic heterocycles. The van der Waals surface area contributed by atoms with Crippen molar-refractivity contribution in [2.24, 2.45) is 12.9 Å². The van der Waals surface area contributed by atoms with E-state index in [1.54, 1.807) is 12.3 Å². The molecule has 0 radical (unpaired) electrons. The van der Waals surface area contributed by atoms with Crippen molar-refractivity contribution in [3.63, 3.8) is 0 Å². The SMILES string of the molecule is Cn1nccc1CCC(NN)c1ccc(Cl)cc1Cl. The molecule has 1 unspecified atom stereocenters. The number of aromatic nitrogens is 2. The molecule has 0 bridgehead atoms. The molecule has 1 aromatic carbocycles. The van der Waals surface area contributed by atoms with Crippen molar-refractivity contribution in [1.29, 1.82) is 0 Å². The van der Waals surface area contributed by atoms with Gasteiger partial charge in [-0.15, -0.1) is 0 Å². The Morgan fingerprint density at radius 1 is 1.37 bits per heavy atom. The van der Waals surface area contributed by atoms with Crippen LogP contribution in [0.3, 0.4) is 0 Å². The van der Waals surface area contributed by atoms with Crippen LogP contribution >= 0.6 is 23.2 Å². The molecule has 0 aliphatic rings. The van der Waals surface area contributed by atoms with Crippen LogP contribution in [0.15, 0.2) is 30.5 Å². The quantitative estimate of drug-likeness (QED) is 0.659. The number of hydrogen-bond donors (Lipinski definition) is 2. The Hall–Kier alpha value is -1.07. The monoisotopic (exact) mass is 298 g/mol. The van der Waals surface area contributed by atoms with Gasteiger partial charge in [0.2, 0.25) is 0 Å². The fraction of sp³-hybridized carbons (Fsp3) is 0.308. The number of halogens is 2. The molecule has 2 rings (SSSR count). The lowest BCUT2D eigenvalue weighted by molar-refractivity contribution is 0.507. The predicted octanol–water partition coefficient (Wildman–Crippen LogP) is 2.86. The lowest BCUT2D eigenvalue weighted by Gasteiger charge is -2.17. The Labute approximate surface area is 122 Å². The number of aryl methyl sites for hydroxylation is 2. The zero-order valence-corrected chi connectivity index (χ0v) is 12.1. The minimum atomic E-state index is -0.0142. The highest BCUT2D eigenvalue weighted by Crippen LogP contribution is 2.28. The van der Waals surface area contributed by atoms with Gasteiger partial charge in [-0.2, -0.15) is 5.10 Å². The smallest absolute Gasteiger partial charge is 0.0492 e. The first-order valence-corrected chi connectivity index (χ1v) is 6.75. The maximum atomic E-state index is 6.20. The molecule has 1 heterocycles. The molecule has 6 heteroatoms. The number of nitrogens with two attached hydrogens (primary N) is 1. The normalized spacial score (nSPS) is 12.6. The molecule has 102 valence electrons.